The first-order chi connectivity index (χ1) is 15.1. The molecule has 0 aliphatic carbocycles. The van der Waals surface area contributed by atoms with Crippen LogP contribution in [0.25, 0.3) is 11.0 Å². The lowest BCUT2D eigenvalue weighted by Crippen LogP contribution is -2.30. The molecule has 0 bridgehead atoms. The van der Waals surface area contributed by atoms with Crippen molar-refractivity contribution in [2.75, 3.05) is 19.7 Å². The lowest BCUT2D eigenvalue weighted by Gasteiger charge is -2.20. The molecule has 1 aliphatic heterocycles. The van der Waals surface area contributed by atoms with Gasteiger partial charge in [-0.05, 0) is 88.5 Å². The normalized spacial score (nSPS) is 15.5. The van der Waals surface area contributed by atoms with E-state index in [-0.39, 0.29) is 17.6 Å². The second kappa shape index (κ2) is 9.96. The second-order valence-electron chi connectivity index (χ2n) is 8.10. The fourth-order valence-corrected chi connectivity index (χ4v) is 3.90. The summed E-state index contributed by atoms with van der Waals surface area (Å²) in [5, 5.41) is 14.9. The molecule has 1 fully saturated rings. The van der Waals surface area contributed by atoms with Crippen LogP contribution in [-0.4, -0.2) is 36.6 Å². The molecular weight excluding hydrogens is 395 g/mol. The number of fused-ring (bicyclic) bond motifs is 1. The standard InChI is InChI=1S/C25H29FN2O3/c1-17-5-10-23-21(16-17)24(29)25(31-23)22(28-19-11-13-27-14-12-19)4-2-3-15-30-20-8-6-18(26)7-9-20/h5-10,16,19,27,29H,2-4,11-15H2,1H3. The number of nitrogens with zero attached hydrogens (tertiary/aromatic N) is 1. The van der Waals surface area contributed by atoms with E-state index in [4.69, 9.17) is 14.1 Å². The van der Waals surface area contributed by atoms with Crippen LogP contribution in [0.2, 0.25) is 0 Å². The number of aromatic hydroxyl groups is 1. The highest BCUT2D eigenvalue weighted by atomic mass is 19.1. The molecule has 0 radical (unpaired) electrons. The molecule has 6 heteroatoms. The van der Waals surface area contributed by atoms with Gasteiger partial charge in [-0.2, -0.15) is 0 Å². The Balaban J connectivity index is 1.45. The quantitative estimate of drug-likeness (QED) is 0.377. The Morgan fingerprint density at radius 1 is 1.16 bits per heavy atom. The fourth-order valence-electron chi connectivity index (χ4n) is 3.90. The van der Waals surface area contributed by atoms with Gasteiger partial charge in [0.25, 0.3) is 0 Å². The van der Waals surface area contributed by atoms with E-state index in [9.17, 15) is 9.50 Å². The number of unbranched alkanes of at least 4 members (excludes halogenated alkanes) is 1. The highest BCUT2D eigenvalue weighted by Gasteiger charge is 2.21. The van der Waals surface area contributed by atoms with Crippen LogP contribution in [0.1, 0.15) is 43.4 Å². The molecule has 0 amide bonds. The Labute approximate surface area is 181 Å². The van der Waals surface area contributed by atoms with Crippen LogP contribution in [0.4, 0.5) is 4.39 Å². The monoisotopic (exact) mass is 424 g/mol. The zero-order chi connectivity index (χ0) is 21.6. The van der Waals surface area contributed by atoms with Gasteiger partial charge in [-0.15, -0.1) is 0 Å². The van der Waals surface area contributed by atoms with Gasteiger partial charge in [-0.1, -0.05) is 11.6 Å². The van der Waals surface area contributed by atoms with E-state index in [0.717, 1.165) is 55.4 Å². The molecule has 4 rings (SSSR count). The van der Waals surface area contributed by atoms with Crippen LogP contribution >= 0.6 is 0 Å². The van der Waals surface area contributed by atoms with Crippen LogP contribution in [0, 0.1) is 12.7 Å². The maximum absolute atomic E-state index is 13.0. The summed E-state index contributed by atoms with van der Waals surface area (Å²) in [5.74, 6) is 1.05. The van der Waals surface area contributed by atoms with Gasteiger partial charge in [-0.25, -0.2) is 4.39 Å². The molecule has 1 aromatic heterocycles. The minimum atomic E-state index is -0.271. The van der Waals surface area contributed by atoms with E-state index < -0.39 is 0 Å². The van der Waals surface area contributed by atoms with Crippen LogP contribution < -0.4 is 10.1 Å². The smallest absolute Gasteiger partial charge is 0.190 e. The number of furan rings is 1. The molecule has 0 spiro atoms. The number of aryl methyl sites for hydroxylation is 1. The van der Waals surface area contributed by atoms with Gasteiger partial charge in [0.05, 0.1) is 23.7 Å². The van der Waals surface area contributed by atoms with E-state index in [1.807, 2.05) is 25.1 Å². The van der Waals surface area contributed by atoms with Crippen LogP contribution in [-0.2, 0) is 0 Å². The lowest BCUT2D eigenvalue weighted by atomic mass is 10.0. The molecule has 1 aliphatic rings. The first-order valence-electron chi connectivity index (χ1n) is 11.0. The van der Waals surface area contributed by atoms with Gasteiger partial charge in [0.2, 0.25) is 0 Å². The molecule has 0 atom stereocenters. The number of hydrogen-bond acceptors (Lipinski definition) is 5. The summed E-state index contributed by atoms with van der Waals surface area (Å²) in [6.07, 6.45) is 4.33. The van der Waals surface area contributed by atoms with E-state index in [1.54, 1.807) is 12.1 Å². The zero-order valence-corrected chi connectivity index (χ0v) is 17.9. The topological polar surface area (TPSA) is 67.0 Å². The number of aliphatic imine (C=N–C) groups is 1. The van der Waals surface area contributed by atoms with Gasteiger partial charge in [0, 0.05) is 0 Å². The van der Waals surface area contributed by atoms with Crippen molar-refractivity contribution in [1.29, 1.82) is 0 Å². The minimum absolute atomic E-state index is 0.175. The van der Waals surface area contributed by atoms with E-state index in [1.165, 1.54) is 12.1 Å². The van der Waals surface area contributed by atoms with Gasteiger partial charge in [0.15, 0.2) is 11.5 Å². The van der Waals surface area contributed by atoms with E-state index >= 15 is 0 Å². The molecule has 2 N–H and O–H groups in total. The third kappa shape index (κ3) is 5.44. The van der Waals surface area contributed by atoms with Crippen LogP contribution in [0.3, 0.4) is 0 Å². The molecule has 5 nitrogen and oxygen atoms in total. The summed E-state index contributed by atoms with van der Waals surface area (Å²) in [5.41, 5.74) is 2.57. The lowest BCUT2D eigenvalue weighted by molar-refractivity contribution is 0.307. The average molecular weight is 425 g/mol. The highest BCUT2D eigenvalue weighted by molar-refractivity contribution is 6.05. The third-order valence-electron chi connectivity index (χ3n) is 5.62. The Morgan fingerprint density at radius 3 is 2.71 bits per heavy atom. The number of ether oxygens (including phenoxy) is 1. The summed E-state index contributed by atoms with van der Waals surface area (Å²) < 4.78 is 24.7. The Kier molecular flexibility index (Phi) is 6.87. The molecule has 2 heterocycles. The predicted molar refractivity (Wildman–Crippen MR) is 121 cm³/mol. The van der Waals surface area contributed by atoms with Crippen molar-refractivity contribution in [3.63, 3.8) is 0 Å². The minimum Gasteiger partial charge on any atom is -0.504 e. The molecule has 1 saturated heterocycles. The summed E-state index contributed by atoms with van der Waals surface area (Å²) in [4.78, 5) is 4.99. The molecule has 164 valence electrons. The number of piperidine rings is 1. The van der Waals surface area contributed by atoms with Crippen LogP contribution in [0.15, 0.2) is 51.9 Å². The molecule has 0 saturated carbocycles. The van der Waals surface area contributed by atoms with Gasteiger partial charge in [0.1, 0.15) is 17.1 Å². The molecule has 3 aromatic rings. The van der Waals surface area contributed by atoms with Gasteiger partial charge in [-0.3, -0.25) is 4.99 Å². The largest absolute Gasteiger partial charge is 0.504 e. The van der Waals surface area contributed by atoms with Crippen molar-refractivity contribution in [3.05, 3.63) is 59.6 Å². The van der Waals surface area contributed by atoms with Crippen molar-refractivity contribution >= 4 is 16.7 Å². The fraction of sp³-hybridized carbons (Fsp3) is 0.400. The van der Waals surface area contributed by atoms with E-state index in [2.05, 4.69) is 5.32 Å². The number of nitrogens with one attached hydrogen (secondary N) is 1. The zero-order valence-electron chi connectivity index (χ0n) is 17.9. The number of halogens is 1. The maximum Gasteiger partial charge on any atom is 0.190 e. The number of rotatable bonds is 8. The second-order valence-corrected chi connectivity index (χ2v) is 8.10. The Bertz CT molecular complexity index is 1040. The van der Waals surface area contributed by atoms with Crippen molar-refractivity contribution in [2.45, 2.75) is 45.1 Å². The molecule has 2 aromatic carbocycles. The Hall–Kier alpha value is -2.86. The highest BCUT2D eigenvalue weighted by Crippen LogP contribution is 2.34. The van der Waals surface area contributed by atoms with Crippen LogP contribution in [0.5, 0.6) is 11.5 Å². The Morgan fingerprint density at radius 2 is 1.94 bits per heavy atom. The summed E-state index contributed by atoms with van der Waals surface area (Å²) in [6, 6.07) is 12.1. The van der Waals surface area contributed by atoms with Crippen molar-refractivity contribution in [3.8, 4) is 11.5 Å². The summed E-state index contributed by atoms with van der Waals surface area (Å²) >= 11 is 0. The first kappa shape index (κ1) is 21.4. The number of benzene rings is 2. The molecule has 31 heavy (non-hydrogen) atoms. The summed E-state index contributed by atoms with van der Waals surface area (Å²) in [6.45, 7) is 4.45. The number of hydrogen-bond donors (Lipinski definition) is 2. The van der Waals surface area contributed by atoms with E-state index in [0.29, 0.717) is 30.1 Å². The molecular formula is C25H29FN2O3. The van der Waals surface area contributed by atoms with Crippen molar-refractivity contribution in [1.82, 2.24) is 5.32 Å². The maximum atomic E-state index is 13.0. The van der Waals surface area contributed by atoms with Crippen molar-refractivity contribution in [2.24, 2.45) is 4.99 Å². The SMILES string of the molecule is Cc1ccc2oc(C(CCCCOc3ccc(F)cc3)=NC3CCNCC3)c(O)c2c1. The average Bonchev–Trinajstić information content (AvgIpc) is 3.10. The third-order valence-corrected chi connectivity index (χ3v) is 5.62. The predicted octanol–water partition coefficient (Wildman–Crippen LogP) is 5.38. The summed E-state index contributed by atoms with van der Waals surface area (Å²) in [7, 11) is 0. The first-order valence-corrected chi connectivity index (χ1v) is 11.0. The van der Waals surface area contributed by atoms with Gasteiger partial charge < -0.3 is 19.6 Å². The molecule has 0 unspecified atom stereocenters. The van der Waals surface area contributed by atoms with Gasteiger partial charge >= 0.3 is 0 Å². The van der Waals surface area contributed by atoms with Crippen molar-refractivity contribution < 1.29 is 18.7 Å².